The van der Waals surface area contributed by atoms with Gasteiger partial charge in [-0.3, -0.25) is 9.79 Å². The average Bonchev–Trinajstić information content (AvgIpc) is 3.90. The van der Waals surface area contributed by atoms with E-state index in [-0.39, 0.29) is 49.9 Å². The van der Waals surface area contributed by atoms with Crippen molar-refractivity contribution in [2.45, 2.75) is 104 Å². The molecule has 228 valence electrons. The molecule has 6 aliphatic carbocycles. The molecule has 0 amide bonds. The fraction of sp³-hybridized carbons (Fsp3) is 0.743. The Bertz CT molecular complexity index is 1500. The topological polar surface area (TPSA) is 123 Å². The summed E-state index contributed by atoms with van der Waals surface area (Å²) < 4.78 is 6.97. The van der Waals surface area contributed by atoms with E-state index in [9.17, 15) is 10.1 Å². The smallest absolute Gasteiger partial charge is 0.209 e. The van der Waals surface area contributed by atoms with Gasteiger partial charge in [0.25, 0.3) is 0 Å². The fourth-order valence-electron chi connectivity index (χ4n) is 11.3. The molecule has 0 bridgehead atoms. The Labute approximate surface area is 256 Å². The summed E-state index contributed by atoms with van der Waals surface area (Å²) in [5.74, 6) is 1.11. The van der Waals surface area contributed by atoms with Crippen molar-refractivity contribution < 1.29 is 9.53 Å². The molecule has 0 aromatic carbocycles. The van der Waals surface area contributed by atoms with Gasteiger partial charge in [-0.25, -0.2) is 0 Å². The van der Waals surface area contributed by atoms with Crippen LogP contribution in [-0.2, 0) is 9.53 Å². The summed E-state index contributed by atoms with van der Waals surface area (Å²) in [7, 11) is 1.75. The third-order valence-electron chi connectivity index (χ3n) is 13.9. The van der Waals surface area contributed by atoms with Gasteiger partial charge in [-0.05, 0) is 80.6 Å². The molecule has 7 aliphatic rings. The summed E-state index contributed by atoms with van der Waals surface area (Å²) in [4.78, 5) is 22.7. The molecular formula is C35H46N6O2. The molecular weight excluding hydrogens is 536 g/mol. The van der Waals surface area contributed by atoms with E-state index in [0.29, 0.717) is 30.6 Å². The average molecular weight is 583 g/mol. The van der Waals surface area contributed by atoms with Crippen LogP contribution < -0.4 is 10.6 Å². The maximum atomic E-state index is 13.4. The number of hydrogen-bond donors (Lipinski definition) is 2. The van der Waals surface area contributed by atoms with E-state index in [2.05, 4.69) is 68.5 Å². The summed E-state index contributed by atoms with van der Waals surface area (Å²) >= 11 is 0. The normalized spacial score (nSPS) is 44.4. The van der Waals surface area contributed by atoms with Crippen LogP contribution in [0.3, 0.4) is 0 Å². The van der Waals surface area contributed by atoms with Gasteiger partial charge in [-0.15, -0.1) is 4.99 Å². The lowest BCUT2D eigenvalue weighted by molar-refractivity contribution is -0.197. The van der Waals surface area contributed by atoms with Gasteiger partial charge < -0.3 is 15.4 Å². The van der Waals surface area contributed by atoms with Gasteiger partial charge in [0.2, 0.25) is 12.2 Å². The highest BCUT2D eigenvalue weighted by atomic mass is 16.5. The SMILES string of the molecule is CN/C(=N\C#N)NCCO[C@]12CCC(C)(C)CC1[C@@]13N=C1C=C1[C@@]4(C)C=C(C#N)C(=O)C5(CC5)[C@@H]4CC[C@@]1(C)[C@]3(C)CC2. The molecule has 8 heteroatoms. The Balaban J connectivity index is 1.26. The number of guanidine groups is 1. The van der Waals surface area contributed by atoms with Gasteiger partial charge in [0.1, 0.15) is 11.6 Å². The Hall–Kier alpha value is -2.97. The molecule has 0 aromatic heterocycles. The highest BCUT2D eigenvalue weighted by Crippen LogP contribution is 2.79. The number of carbonyl (C=O) groups excluding carboxylic acids is 1. The summed E-state index contributed by atoms with van der Waals surface area (Å²) in [6.45, 7) is 13.3. The minimum absolute atomic E-state index is 0.0613. The van der Waals surface area contributed by atoms with Crippen LogP contribution >= 0.6 is 0 Å². The first-order valence-electron chi connectivity index (χ1n) is 16.3. The van der Waals surface area contributed by atoms with Crippen molar-refractivity contribution in [1.29, 1.82) is 10.5 Å². The van der Waals surface area contributed by atoms with Crippen molar-refractivity contribution >= 4 is 17.5 Å². The molecule has 1 unspecified atom stereocenters. The monoisotopic (exact) mass is 582 g/mol. The molecule has 1 aliphatic heterocycles. The summed E-state index contributed by atoms with van der Waals surface area (Å²) in [6.07, 6.45) is 15.5. The molecule has 0 saturated heterocycles. The summed E-state index contributed by atoms with van der Waals surface area (Å²) in [6, 6.07) is 2.30. The van der Waals surface area contributed by atoms with Crippen molar-refractivity contribution in [2.24, 2.45) is 48.9 Å². The number of Topliss-reactive ketones (excluding diaryl/α,β-unsaturated/α-hetero) is 1. The number of allylic oxidation sites excluding steroid dienone is 3. The molecule has 0 radical (unpaired) electrons. The quantitative estimate of drug-likeness (QED) is 0.199. The number of nitrogens with one attached hydrogen (secondary N) is 2. The van der Waals surface area contributed by atoms with Crippen LogP contribution in [0, 0.1) is 61.7 Å². The molecule has 4 fully saturated rings. The van der Waals surface area contributed by atoms with Crippen LogP contribution in [0.25, 0.3) is 0 Å². The minimum Gasteiger partial charge on any atom is -0.373 e. The Morgan fingerprint density at radius 3 is 2.49 bits per heavy atom. The first kappa shape index (κ1) is 28.8. The van der Waals surface area contributed by atoms with Crippen LogP contribution in [-0.4, -0.2) is 48.8 Å². The number of ketones is 1. The van der Waals surface area contributed by atoms with Crippen molar-refractivity contribution in [3.05, 3.63) is 23.3 Å². The molecule has 2 N–H and O–H groups in total. The first-order chi connectivity index (χ1) is 20.3. The van der Waals surface area contributed by atoms with Crippen LogP contribution in [0.4, 0.5) is 0 Å². The number of nitrogens with zero attached hydrogens (tertiary/aromatic N) is 4. The molecule has 7 rings (SSSR count). The lowest BCUT2D eigenvalue weighted by Crippen LogP contribution is -2.70. The highest BCUT2D eigenvalue weighted by Gasteiger charge is 2.80. The van der Waals surface area contributed by atoms with E-state index in [1.54, 1.807) is 7.05 Å². The number of fused-ring (bicyclic) bond motifs is 6. The van der Waals surface area contributed by atoms with Crippen molar-refractivity contribution in [1.82, 2.24) is 10.6 Å². The molecule has 43 heavy (non-hydrogen) atoms. The fourth-order valence-corrected chi connectivity index (χ4v) is 11.3. The Morgan fingerprint density at radius 2 is 1.81 bits per heavy atom. The maximum absolute atomic E-state index is 13.4. The van der Waals surface area contributed by atoms with Crippen molar-refractivity contribution in [2.75, 3.05) is 20.2 Å². The minimum atomic E-state index is -0.334. The van der Waals surface area contributed by atoms with E-state index in [1.165, 1.54) is 11.3 Å². The lowest BCUT2D eigenvalue weighted by Gasteiger charge is -2.68. The van der Waals surface area contributed by atoms with Crippen molar-refractivity contribution in [3.63, 3.8) is 0 Å². The van der Waals surface area contributed by atoms with Crippen LogP contribution in [0.5, 0.6) is 0 Å². The van der Waals surface area contributed by atoms with Crippen molar-refractivity contribution in [3.8, 4) is 12.3 Å². The standard InChI is InChI=1S/C35H46N6O2/c1-29(2)9-13-34(43-16-15-39-28(38-6)40-21-37)14-10-32(5)31(4)8-7-23-30(3,18-22(20-36)27(42)33(23)11-12-33)24(31)17-26-35(32,41-26)25(34)19-29/h17-18,23,25H,7-16,19H2,1-6H3,(H2,38,39,40)/t23-,25?,30+,31-,32+,34+,35-/m1/s1. The van der Waals surface area contributed by atoms with Gasteiger partial charge in [-0.2, -0.15) is 10.5 Å². The van der Waals surface area contributed by atoms with E-state index in [1.807, 2.05) is 6.19 Å². The summed E-state index contributed by atoms with van der Waals surface area (Å²) in [5, 5.41) is 25.1. The molecule has 8 nitrogen and oxygen atoms in total. The van der Waals surface area contributed by atoms with Crippen LogP contribution in [0.2, 0.25) is 0 Å². The third kappa shape index (κ3) is 3.48. The van der Waals surface area contributed by atoms with E-state index in [4.69, 9.17) is 15.0 Å². The first-order valence-corrected chi connectivity index (χ1v) is 16.3. The largest absolute Gasteiger partial charge is 0.373 e. The zero-order valence-electron chi connectivity index (χ0n) is 26.7. The second kappa shape index (κ2) is 8.81. The number of hydrogen-bond acceptors (Lipinski definition) is 6. The predicted molar refractivity (Wildman–Crippen MR) is 165 cm³/mol. The third-order valence-corrected chi connectivity index (χ3v) is 13.9. The Kier molecular flexibility index (Phi) is 5.90. The van der Waals surface area contributed by atoms with Gasteiger partial charge in [0, 0.05) is 35.8 Å². The van der Waals surface area contributed by atoms with Gasteiger partial charge in [0.15, 0.2) is 5.78 Å². The predicted octanol–water partition coefficient (Wildman–Crippen LogP) is 5.38. The van der Waals surface area contributed by atoms with Gasteiger partial charge >= 0.3 is 0 Å². The molecule has 1 heterocycles. The van der Waals surface area contributed by atoms with E-state index >= 15 is 0 Å². The maximum Gasteiger partial charge on any atom is 0.209 e. The zero-order valence-corrected chi connectivity index (χ0v) is 26.7. The zero-order chi connectivity index (χ0) is 30.7. The second-order valence-electron chi connectivity index (χ2n) is 16.1. The van der Waals surface area contributed by atoms with Gasteiger partial charge in [-0.1, -0.05) is 46.3 Å². The second-order valence-corrected chi connectivity index (χ2v) is 16.1. The molecule has 0 aromatic rings. The molecule has 2 spiro atoms. The van der Waals surface area contributed by atoms with E-state index in [0.717, 1.165) is 57.8 Å². The molecule has 4 saturated carbocycles. The Morgan fingerprint density at radius 1 is 1.07 bits per heavy atom. The number of nitriles is 2. The van der Waals surface area contributed by atoms with E-state index < -0.39 is 0 Å². The number of carbonyl (C=O) groups is 1. The lowest BCUT2D eigenvalue weighted by atomic mass is 9.35. The van der Waals surface area contributed by atoms with Gasteiger partial charge in [0.05, 0.1) is 23.5 Å². The number of ether oxygens (including phenoxy) is 1. The van der Waals surface area contributed by atoms with Crippen LogP contribution in [0.15, 0.2) is 33.3 Å². The molecule has 7 atom stereocenters. The number of aliphatic imine (C=N–C) groups is 2. The highest BCUT2D eigenvalue weighted by molar-refractivity contribution is 6.16. The van der Waals surface area contributed by atoms with Crippen LogP contribution in [0.1, 0.15) is 92.4 Å². The summed E-state index contributed by atoms with van der Waals surface area (Å²) in [5.41, 5.74) is 1.98. The number of rotatable bonds is 4.